The Labute approximate surface area is 133 Å². The standard InChI is InChI=1S/C17H20FN3O2/c1-17(2,3)12-8-9(18)7-11-14(20-21(4)15(11)12)10-5-6-13(22)19-16(10)23/h7-8,10H,5-6H2,1-4H3,(H,19,22,23). The Morgan fingerprint density at radius 3 is 2.61 bits per heavy atom. The highest BCUT2D eigenvalue weighted by Gasteiger charge is 2.33. The summed E-state index contributed by atoms with van der Waals surface area (Å²) in [7, 11) is 1.80. The molecule has 1 N–H and O–H groups in total. The molecule has 0 bridgehead atoms. The molecular formula is C17H20FN3O2. The lowest BCUT2D eigenvalue weighted by molar-refractivity contribution is -0.134. The first-order valence-electron chi connectivity index (χ1n) is 7.69. The van der Waals surface area contributed by atoms with Gasteiger partial charge in [0.25, 0.3) is 0 Å². The number of halogens is 1. The van der Waals surface area contributed by atoms with Gasteiger partial charge in [-0.25, -0.2) is 4.39 Å². The third-order valence-corrected chi connectivity index (χ3v) is 4.31. The molecule has 1 fully saturated rings. The quantitative estimate of drug-likeness (QED) is 0.822. The van der Waals surface area contributed by atoms with Crippen LogP contribution in [-0.4, -0.2) is 21.6 Å². The van der Waals surface area contributed by atoms with E-state index >= 15 is 0 Å². The van der Waals surface area contributed by atoms with Crippen LogP contribution in [0.25, 0.3) is 10.9 Å². The van der Waals surface area contributed by atoms with Crippen LogP contribution < -0.4 is 5.32 Å². The van der Waals surface area contributed by atoms with Crippen LogP contribution in [0.1, 0.15) is 50.8 Å². The molecule has 1 aliphatic rings. The Morgan fingerprint density at radius 2 is 2.00 bits per heavy atom. The number of aryl methyl sites for hydroxylation is 1. The predicted octanol–water partition coefficient (Wildman–Crippen LogP) is 2.53. The summed E-state index contributed by atoms with van der Waals surface area (Å²) in [5.74, 6) is -1.49. The molecule has 3 rings (SSSR count). The van der Waals surface area contributed by atoms with Gasteiger partial charge in [-0.05, 0) is 29.5 Å². The first-order valence-corrected chi connectivity index (χ1v) is 7.69. The largest absolute Gasteiger partial charge is 0.296 e. The number of nitrogens with one attached hydrogen (secondary N) is 1. The summed E-state index contributed by atoms with van der Waals surface area (Å²) in [6, 6.07) is 2.95. The Balaban J connectivity index is 2.22. The maximum atomic E-state index is 14.2. The maximum Gasteiger partial charge on any atom is 0.235 e. The highest BCUT2D eigenvalue weighted by molar-refractivity contribution is 6.02. The first kappa shape index (κ1) is 15.6. The number of nitrogens with zero attached hydrogens (tertiary/aromatic N) is 2. The fourth-order valence-corrected chi connectivity index (χ4v) is 3.19. The van der Waals surface area contributed by atoms with Crippen molar-refractivity contribution >= 4 is 22.7 Å². The van der Waals surface area contributed by atoms with E-state index in [1.54, 1.807) is 11.7 Å². The molecule has 2 heterocycles. The van der Waals surface area contributed by atoms with E-state index in [-0.39, 0.29) is 29.5 Å². The lowest BCUT2D eigenvalue weighted by Crippen LogP contribution is -2.39. The number of carbonyl (C=O) groups is 2. The summed E-state index contributed by atoms with van der Waals surface area (Å²) < 4.78 is 15.9. The van der Waals surface area contributed by atoms with Gasteiger partial charge in [-0.15, -0.1) is 0 Å². The van der Waals surface area contributed by atoms with E-state index in [0.29, 0.717) is 17.5 Å². The van der Waals surface area contributed by atoms with Crippen molar-refractivity contribution in [1.82, 2.24) is 15.1 Å². The number of rotatable bonds is 1. The Hall–Kier alpha value is -2.24. The number of aromatic nitrogens is 2. The zero-order valence-electron chi connectivity index (χ0n) is 13.7. The number of hydrogen-bond acceptors (Lipinski definition) is 3. The molecule has 2 aromatic rings. The van der Waals surface area contributed by atoms with Gasteiger partial charge in [0.2, 0.25) is 11.8 Å². The van der Waals surface area contributed by atoms with E-state index in [4.69, 9.17) is 0 Å². The van der Waals surface area contributed by atoms with E-state index in [1.807, 2.05) is 20.8 Å². The van der Waals surface area contributed by atoms with Gasteiger partial charge in [0.05, 0.1) is 17.1 Å². The molecule has 1 aromatic carbocycles. The molecule has 1 atom stereocenters. The van der Waals surface area contributed by atoms with Crippen LogP contribution in [0.15, 0.2) is 12.1 Å². The molecule has 1 unspecified atom stereocenters. The Kier molecular flexibility index (Phi) is 3.50. The second kappa shape index (κ2) is 5.15. The Bertz CT molecular complexity index is 817. The van der Waals surface area contributed by atoms with Crippen LogP contribution in [0, 0.1) is 5.82 Å². The van der Waals surface area contributed by atoms with Crippen LogP contribution >= 0.6 is 0 Å². The number of benzene rings is 1. The third-order valence-electron chi connectivity index (χ3n) is 4.31. The summed E-state index contributed by atoms with van der Waals surface area (Å²) >= 11 is 0. The zero-order valence-corrected chi connectivity index (χ0v) is 13.7. The molecular weight excluding hydrogens is 297 g/mol. The fraction of sp³-hybridized carbons (Fsp3) is 0.471. The summed E-state index contributed by atoms with van der Waals surface area (Å²) in [6.07, 6.45) is 0.675. The van der Waals surface area contributed by atoms with E-state index in [1.165, 1.54) is 12.1 Å². The smallest absolute Gasteiger partial charge is 0.235 e. The molecule has 5 nitrogen and oxygen atoms in total. The normalized spacial score (nSPS) is 19.3. The van der Waals surface area contributed by atoms with Crippen molar-refractivity contribution in [3.8, 4) is 0 Å². The molecule has 0 aliphatic carbocycles. The molecule has 0 spiro atoms. The number of hydrogen-bond donors (Lipinski definition) is 1. The number of fused-ring (bicyclic) bond motifs is 1. The van der Waals surface area contributed by atoms with Crippen molar-refractivity contribution in [2.45, 2.75) is 44.9 Å². The molecule has 0 saturated carbocycles. The van der Waals surface area contributed by atoms with Gasteiger partial charge in [-0.2, -0.15) is 5.10 Å². The SMILES string of the molecule is Cn1nc(C2CCC(=O)NC2=O)c2cc(F)cc(C(C)(C)C)c21. The average Bonchev–Trinajstić information content (AvgIpc) is 2.74. The fourth-order valence-electron chi connectivity index (χ4n) is 3.19. The number of imide groups is 1. The zero-order chi connectivity index (χ0) is 16.9. The van der Waals surface area contributed by atoms with Crippen molar-refractivity contribution in [2.75, 3.05) is 0 Å². The summed E-state index contributed by atoms with van der Waals surface area (Å²) in [5.41, 5.74) is 1.97. The van der Waals surface area contributed by atoms with Gasteiger partial charge < -0.3 is 0 Å². The second-order valence-electron chi connectivity index (χ2n) is 7.11. The van der Waals surface area contributed by atoms with Crippen LogP contribution in [0.3, 0.4) is 0 Å². The van der Waals surface area contributed by atoms with E-state index < -0.39 is 5.92 Å². The monoisotopic (exact) mass is 317 g/mol. The molecule has 122 valence electrons. The van der Waals surface area contributed by atoms with Crippen molar-refractivity contribution in [3.63, 3.8) is 0 Å². The summed E-state index contributed by atoms with van der Waals surface area (Å²) in [6.45, 7) is 6.04. The summed E-state index contributed by atoms with van der Waals surface area (Å²) in [4.78, 5) is 23.5. The molecule has 1 aliphatic heterocycles. The molecule has 6 heteroatoms. The number of piperidine rings is 1. The maximum absolute atomic E-state index is 14.2. The van der Waals surface area contributed by atoms with Gasteiger partial charge in [0, 0.05) is 18.9 Å². The van der Waals surface area contributed by atoms with Gasteiger partial charge in [-0.1, -0.05) is 20.8 Å². The summed E-state index contributed by atoms with van der Waals surface area (Å²) in [5, 5.41) is 7.47. The minimum atomic E-state index is -0.522. The van der Waals surface area contributed by atoms with Crippen molar-refractivity contribution in [1.29, 1.82) is 0 Å². The number of amides is 2. The van der Waals surface area contributed by atoms with Crippen molar-refractivity contribution < 1.29 is 14.0 Å². The minimum absolute atomic E-state index is 0.254. The molecule has 23 heavy (non-hydrogen) atoms. The molecule has 0 radical (unpaired) electrons. The first-order chi connectivity index (χ1) is 10.7. The second-order valence-corrected chi connectivity index (χ2v) is 7.11. The van der Waals surface area contributed by atoms with Crippen molar-refractivity contribution in [2.24, 2.45) is 7.05 Å². The third kappa shape index (κ3) is 2.62. The number of carbonyl (C=O) groups excluding carboxylic acids is 2. The van der Waals surface area contributed by atoms with Crippen LogP contribution in [0.5, 0.6) is 0 Å². The molecule has 1 aromatic heterocycles. The van der Waals surface area contributed by atoms with Crippen LogP contribution in [0.2, 0.25) is 0 Å². The minimum Gasteiger partial charge on any atom is -0.296 e. The van der Waals surface area contributed by atoms with Gasteiger partial charge in [-0.3, -0.25) is 19.6 Å². The highest BCUT2D eigenvalue weighted by atomic mass is 19.1. The van der Waals surface area contributed by atoms with Gasteiger partial charge in [0.1, 0.15) is 5.82 Å². The molecule has 1 saturated heterocycles. The van der Waals surface area contributed by atoms with E-state index in [9.17, 15) is 14.0 Å². The van der Waals surface area contributed by atoms with Crippen LogP contribution in [-0.2, 0) is 22.1 Å². The highest BCUT2D eigenvalue weighted by Crippen LogP contribution is 2.36. The lowest BCUT2D eigenvalue weighted by Gasteiger charge is -2.21. The van der Waals surface area contributed by atoms with E-state index in [2.05, 4.69) is 10.4 Å². The Morgan fingerprint density at radius 1 is 1.30 bits per heavy atom. The topological polar surface area (TPSA) is 64.0 Å². The van der Waals surface area contributed by atoms with Crippen LogP contribution in [0.4, 0.5) is 4.39 Å². The lowest BCUT2D eigenvalue weighted by atomic mass is 9.84. The van der Waals surface area contributed by atoms with Gasteiger partial charge in [0.15, 0.2) is 0 Å². The van der Waals surface area contributed by atoms with E-state index in [0.717, 1.165) is 11.1 Å². The average molecular weight is 317 g/mol. The predicted molar refractivity (Wildman–Crippen MR) is 84.5 cm³/mol. The van der Waals surface area contributed by atoms with Crippen molar-refractivity contribution in [3.05, 3.63) is 29.2 Å². The van der Waals surface area contributed by atoms with Gasteiger partial charge >= 0.3 is 0 Å². The molecule has 2 amide bonds.